The molecule has 3 amide bonds. The third-order valence-corrected chi connectivity index (χ3v) is 4.78. The minimum atomic E-state index is -1.14. The molecule has 1 saturated heterocycles. The van der Waals surface area contributed by atoms with E-state index in [4.69, 9.17) is 13.9 Å². The van der Waals surface area contributed by atoms with E-state index in [1.165, 1.54) is 6.07 Å². The zero-order valence-electron chi connectivity index (χ0n) is 15.6. The number of ether oxygens (including phenoxy) is 2. The monoisotopic (exact) mass is 384 g/mol. The van der Waals surface area contributed by atoms with E-state index in [1.54, 1.807) is 38.1 Å². The minimum Gasteiger partial charge on any atom is -0.493 e. The largest absolute Gasteiger partial charge is 0.493 e. The number of urea groups is 1. The van der Waals surface area contributed by atoms with E-state index in [2.05, 4.69) is 5.32 Å². The second kappa shape index (κ2) is 6.70. The van der Waals surface area contributed by atoms with E-state index in [0.717, 1.165) is 4.90 Å². The number of para-hydroxylation sites is 1. The van der Waals surface area contributed by atoms with E-state index in [-0.39, 0.29) is 24.3 Å². The molecule has 1 N–H and O–H groups in total. The number of rotatable bonds is 4. The van der Waals surface area contributed by atoms with Gasteiger partial charge in [0.25, 0.3) is 5.91 Å². The van der Waals surface area contributed by atoms with E-state index < -0.39 is 17.5 Å². The summed E-state index contributed by atoms with van der Waals surface area (Å²) in [5, 5.41) is 2.83. The van der Waals surface area contributed by atoms with Gasteiger partial charge in [-0.2, -0.15) is 0 Å². The Morgan fingerprint density at radius 1 is 1.25 bits per heavy atom. The molecule has 1 spiro atoms. The molecule has 1 aromatic heterocycles. The van der Waals surface area contributed by atoms with Crippen LogP contribution in [0.15, 0.2) is 40.8 Å². The second-order valence-corrected chi connectivity index (χ2v) is 7.04. The van der Waals surface area contributed by atoms with E-state index in [1.807, 2.05) is 6.07 Å². The number of benzene rings is 1. The molecule has 0 saturated carbocycles. The Morgan fingerprint density at radius 2 is 2.04 bits per heavy atom. The molecule has 8 nitrogen and oxygen atoms in total. The van der Waals surface area contributed by atoms with Crippen LogP contribution in [0.3, 0.4) is 0 Å². The fourth-order valence-electron chi connectivity index (χ4n) is 3.52. The molecular formula is C20H20N2O6. The van der Waals surface area contributed by atoms with Gasteiger partial charge in [0.2, 0.25) is 5.76 Å². The number of furan rings is 1. The zero-order valence-corrected chi connectivity index (χ0v) is 15.6. The van der Waals surface area contributed by atoms with Gasteiger partial charge in [-0.25, -0.2) is 9.59 Å². The summed E-state index contributed by atoms with van der Waals surface area (Å²) in [5.74, 6) is -0.0244. The van der Waals surface area contributed by atoms with Crippen molar-refractivity contribution in [1.29, 1.82) is 0 Å². The number of imide groups is 1. The minimum absolute atomic E-state index is 0.0295. The number of hydrogen-bond acceptors (Lipinski definition) is 6. The van der Waals surface area contributed by atoms with Gasteiger partial charge in [0.05, 0.1) is 19.3 Å². The van der Waals surface area contributed by atoms with Crippen LogP contribution in [0.2, 0.25) is 0 Å². The first-order valence-electron chi connectivity index (χ1n) is 9.07. The highest BCUT2D eigenvalue weighted by atomic mass is 16.6. The summed E-state index contributed by atoms with van der Waals surface area (Å²) in [7, 11) is 0. The van der Waals surface area contributed by atoms with Gasteiger partial charge in [-0.05, 0) is 32.0 Å². The van der Waals surface area contributed by atoms with Crippen molar-refractivity contribution in [3.05, 3.63) is 53.5 Å². The molecule has 1 fully saturated rings. The van der Waals surface area contributed by atoms with Gasteiger partial charge >= 0.3 is 12.0 Å². The van der Waals surface area contributed by atoms with Crippen LogP contribution in [0.25, 0.3) is 0 Å². The van der Waals surface area contributed by atoms with Crippen LogP contribution < -0.4 is 10.1 Å². The Kier molecular flexibility index (Phi) is 4.33. The Balaban J connectivity index is 1.57. The Morgan fingerprint density at radius 3 is 2.82 bits per heavy atom. The van der Waals surface area contributed by atoms with Crippen molar-refractivity contribution in [2.45, 2.75) is 38.5 Å². The Hall–Kier alpha value is -3.29. The first kappa shape index (κ1) is 18.1. The molecule has 3 heterocycles. The van der Waals surface area contributed by atoms with Crippen molar-refractivity contribution in [2.24, 2.45) is 0 Å². The molecule has 28 heavy (non-hydrogen) atoms. The number of nitrogens with zero attached hydrogens (tertiary/aromatic N) is 1. The fraction of sp³-hybridized carbons (Fsp3) is 0.350. The summed E-state index contributed by atoms with van der Waals surface area (Å²) in [5.41, 5.74) is -0.500. The number of hydrogen-bond donors (Lipinski definition) is 1. The molecule has 2 aromatic rings. The van der Waals surface area contributed by atoms with Crippen LogP contribution in [0.5, 0.6) is 5.75 Å². The van der Waals surface area contributed by atoms with Crippen molar-refractivity contribution in [3.63, 3.8) is 0 Å². The van der Waals surface area contributed by atoms with Gasteiger partial charge in [-0.1, -0.05) is 18.2 Å². The van der Waals surface area contributed by atoms with Crippen LogP contribution in [0.4, 0.5) is 4.79 Å². The molecule has 146 valence electrons. The maximum absolute atomic E-state index is 13.2. The molecule has 8 heteroatoms. The highest BCUT2D eigenvalue weighted by Crippen LogP contribution is 2.41. The molecule has 0 radical (unpaired) electrons. The first-order chi connectivity index (χ1) is 13.4. The van der Waals surface area contributed by atoms with Crippen LogP contribution in [0.1, 0.15) is 42.1 Å². The van der Waals surface area contributed by atoms with Gasteiger partial charge in [-0.3, -0.25) is 9.69 Å². The second-order valence-electron chi connectivity index (χ2n) is 7.04. The topological polar surface area (TPSA) is 98.1 Å². The highest BCUT2D eigenvalue weighted by Gasteiger charge is 2.54. The normalized spacial score (nSPS) is 20.9. The lowest BCUT2D eigenvalue weighted by molar-refractivity contribution is -0.133. The maximum Gasteiger partial charge on any atom is 0.374 e. The van der Waals surface area contributed by atoms with Crippen molar-refractivity contribution >= 4 is 17.9 Å². The van der Waals surface area contributed by atoms with Gasteiger partial charge in [0.1, 0.15) is 11.5 Å². The average molecular weight is 384 g/mol. The lowest BCUT2D eigenvalue weighted by atomic mass is 9.84. The zero-order chi connectivity index (χ0) is 19.9. The van der Waals surface area contributed by atoms with Crippen molar-refractivity contribution in [1.82, 2.24) is 10.2 Å². The lowest BCUT2D eigenvalue weighted by Crippen LogP contribution is -2.47. The molecule has 1 atom stereocenters. The molecular weight excluding hydrogens is 364 g/mol. The van der Waals surface area contributed by atoms with Crippen LogP contribution in [-0.4, -0.2) is 35.5 Å². The summed E-state index contributed by atoms with van der Waals surface area (Å²) in [6.07, 6.45) is 0.0651. The van der Waals surface area contributed by atoms with Crippen LogP contribution in [-0.2, 0) is 21.6 Å². The van der Waals surface area contributed by atoms with Gasteiger partial charge in [-0.15, -0.1) is 0 Å². The Labute approximate surface area is 161 Å². The first-order valence-corrected chi connectivity index (χ1v) is 9.07. The Bertz CT molecular complexity index is 950. The average Bonchev–Trinajstić information content (AvgIpc) is 3.22. The lowest BCUT2D eigenvalue weighted by Gasteiger charge is -2.33. The fourth-order valence-corrected chi connectivity index (χ4v) is 3.52. The summed E-state index contributed by atoms with van der Waals surface area (Å²) >= 11 is 0. The predicted octanol–water partition coefficient (Wildman–Crippen LogP) is 2.57. The number of carbonyl (C=O) groups is 3. The van der Waals surface area contributed by atoms with Gasteiger partial charge in [0.15, 0.2) is 5.54 Å². The molecule has 1 aromatic carbocycles. The van der Waals surface area contributed by atoms with Crippen molar-refractivity contribution in [3.8, 4) is 5.75 Å². The SMILES string of the molecule is CC(C)OC(=O)c1ccc(CN2C(=O)N[C@]3(CCOc4ccccc43)C2=O)o1. The van der Waals surface area contributed by atoms with Crippen molar-refractivity contribution < 1.29 is 28.3 Å². The molecule has 2 aliphatic rings. The molecule has 0 unspecified atom stereocenters. The maximum atomic E-state index is 13.2. The summed E-state index contributed by atoms with van der Waals surface area (Å²) in [6.45, 7) is 3.72. The summed E-state index contributed by atoms with van der Waals surface area (Å²) < 4.78 is 16.2. The number of fused-ring (bicyclic) bond motifs is 2. The highest BCUT2D eigenvalue weighted by molar-refractivity contribution is 6.07. The number of amides is 3. The predicted molar refractivity (Wildman–Crippen MR) is 96.6 cm³/mol. The summed E-state index contributed by atoms with van der Waals surface area (Å²) in [6, 6.07) is 9.69. The van der Waals surface area contributed by atoms with E-state index in [0.29, 0.717) is 30.1 Å². The van der Waals surface area contributed by atoms with E-state index >= 15 is 0 Å². The number of carbonyl (C=O) groups excluding carboxylic acids is 3. The standard InChI is InChI=1S/C20H20N2O6/c1-12(2)27-17(23)16-8-7-13(28-16)11-22-18(24)20(21-19(22)25)9-10-26-15-6-4-3-5-14(15)20/h3-8,12H,9-11H2,1-2H3,(H,21,25)/t20-/m0/s1. The smallest absolute Gasteiger partial charge is 0.374 e. The molecule has 0 bridgehead atoms. The van der Waals surface area contributed by atoms with Crippen LogP contribution >= 0.6 is 0 Å². The molecule has 2 aliphatic heterocycles. The molecule has 0 aliphatic carbocycles. The molecule has 4 rings (SSSR count). The van der Waals surface area contributed by atoms with E-state index in [9.17, 15) is 14.4 Å². The number of nitrogens with one attached hydrogen (secondary N) is 1. The quantitative estimate of drug-likeness (QED) is 0.643. The summed E-state index contributed by atoms with van der Waals surface area (Å²) in [4.78, 5) is 38.8. The van der Waals surface area contributed by atoms with Crippen LogP contribution in [0, 0.1) is 0 Å². The van der Waals surface area contributed by atoms with Crippen molar-refractivity contribution in [2.75, 3.05) is 6.61 Å². The third kappa shape index (κ3) is 2.90. The van der Waals surface area contributed by atoms with Gasteiger partial charge in [0, 0.05) is 12.0 Å². The number of esters is 1. The van der Waals surface area contributed by atoms with Gasteiger partial charge < -0.3 is 19.2 Å². The third-order valence-electron chi connectivity index (χ3n) is 4.78.